The van der Waals surface area contributed by atoms with Gasteiger partial charge in [0.25, 0.3) is 0 Å². The topological polar surface area (TPSA) is 17.1 Å². The van der Waals surface area contributed by atoms with Crippen LogP contribution in [-0.2, 0) is 12.8 Å². The smallest absolute Gasteiger partial charge is 0.193 e. The molecular formula is C15H9Br3O. The van der Waals surface area contributed by atoms with Crippen molar-refractivity contribution in [2.45, 2.75) is 12.8 Å². The number of rotatable bonds is 0. The summed E-state index contributed by atoms with van der Waals surface area (Å²) in [5, 5.41) is 0. The largest absolute Gasteiger partial charge is 0.289 e. The molecule has 0 N–H and O–H groups in total. The summed E-state index contributed by atoms with van der Waals surface area (Å²) in [5.41, 5.74) is 3.81. The van der Waals surface area contributed by atoms with Crippen LogP contribution in [0.15, 0.2) is 43.7 Å². The van der Waals surface area contributed by atoms with Gasteiger partial charge >= 0.3 is 0 Å². The lowest BCUT2D eigenvalue weighted by Gasteiger charge is -2.08. The zero-order valence-electron chi connectivity index (χ0n) is 9.84. The molecule has 0 fully saturated rings. The van der Waals surface area contributed by atoms with Crippen LogP contribution in [0.1, 0.15) is 27.0 Å². The molecule has 0 unspecified atom stereocenters. The molecule has 0 saturated carbocycles. The Morgan fingerprint density at radius 1 is 0.842 bits per heavy atom. The van der Waals surface area contributed by atoms with Crippen LogP contribution in [0.3, 0.4) is 0 Å². The van der Waals surface area contributed by atoms with Gasteiger partial charge in [-0.2, -0.15) is 0 Å². The van der Waals surface area contributed by atoms with Crippen LogP contribution in [-0.4, -0.2) is 5.78 Å². The van der Waals surface area contributed by atoms with Gasteiger partial charge < -0.3 is 0 Å². The molecule has 0 spiro atoms. The summed E-state index contributed by atoms with van der Waals surface area (Å²) < 4.78 is 2.86. The Labute approximate surface area is 136 Å². The zero-order valence-corrected chi connectivity index (χ0v) is 14.6. The van der Waals surface area contributed by atoms with Crippen molar-refractivity contribution in [2.24, 2.45) is 0 Å². The normalized spacial score (nSPS) is 13.7. The summed E-state index contributed by atoms with van der Waals surface area (Å²) in [5.74, 6) is 0.103. The Bertz CT molecular complexity index is 692. The molecule has 0 atom stereocenters. The molecule has 3 rings (SSSR count). The molecule has 1 aliphatic rings. The average molecular weight is 445 g/mol. The van der Waals surface area contributed by atoms with E-state index in [4.69, 9.17) is 0 Å². The van der Waals surface area contributed by atoms with E-state index in [1.54, 1.807) is 0 Å². The van der Waals surface area contributed by atoms with Gasteiger partial charge in [-0.25, -0.2) is 0 Å². The van der Waals surface area contributed by atoms with Gasteiger partial charge in [-0.3, -0.25) is 4.79 Å². The molecule has 0 saturated heterocycles. The third-order valence-electron chi connectivity index (χ3n) is 3.37. The molecule has 0 amide bonds. The molecule has 4 heteroatoms. The second kappa shape index (κ2) is 5.15. The first-order valence-corrected chi connectivity index (χ1v) is 8.25. The number of hydrogen-bond donors (Lipinski definition) is 0. The van der Waals surface area contributed by atoms with Crippen molar-refractivity contribution >= 4 is 53.6 Å². The number of benzene rings is 2. The lowest BCUT2D eigenvalue weighted by Crippen LogP contribution is -2.04. The highest BCUT2D eigenvalue weighted by molar-refractivity contribution is 9.11. The van der Waals surface area contributed by atoms with Crippen LogP contribution in [0.25, 0.3) is 0 Å². The van der Waals surface area contributed by atoms with Gasteiger partial charge in [0.2, 0.25) is 0 Å². The maximum atomic E-state index is 12.7. The van der Waals surface area contributed by atoms with E-state index in [2.05, 4.69) is 47.8 Å². The van der Waals surface area contributed by atoms with E-state index in [1.165, 1.54) is 0 Å². The van der Waals surface area contributed by atoms with Crippen molar-refractivity contribution in [1.29, 1.82) is 0 Å². The van der Waals surface area contributed by atoms with Gasteiger partial charge in [0.05, 0.1) is 0 Å². The van der Waals surface area contributed by atoms with Gasteiger partial charge in [0, 0.05) is 24.5 Å². The number of hydrogen-bond acceptors (Lipinski definition) is 1. The predicted octanol–water partition coefficient (Wildman–Crippen LogP) is 5.30. The van der Waals surface area contributed by atoms with Crippen LogP contribution >= 0.6 is 47.8 Å². The van der Waals surface area contributed by atoms with E-state index < -0.39 is 0 Å². The van der Waals surface area contributed by atoms with Gasteiger partial charge in [-0.15, -0.1) is 0 Å². The molecule has 2 aromatic rings. The molecule has 1 nitrogen and oxygen atoms in total. The van der Waals surface area contributed by atoms with Crippen LogP contribution in [0, 0.1) is 0 Å². The van der Waals surface area contributed by atoms with Crippen molar-refractivity contribution in [3.8, 4) is 0 Å². The summed E-state index contributed by atoms with van der Waals surface area (Å²) in [6.07, 6.45) is 1.77. The minimum absolute atomic E-state index is 0.103. The minimum atomic E-state index is 0.103. The van der Waals surface area contributed by atoms with Gasteiger partial charge in [0.15, 0.2) is 5.78 Å². The number of carbonyl (C=O) groups is 1. The minimum Gasteiger partial charge on any atom is -0.289 e. The van der Waals surface area contributed by atoms with Crippen LogP contribution < -0.4 is 0 Å². The summed E-state index contributed by atoms with van der Waals surface area (Å²) in [7, 11) is 0. The average Bonchev–Trinajstić information content (AvgIpc) is 2.49. The highest BCUT2D eigenvalue weighted by Crippen LogP contribution is 2.33. The second-order valence-electron chi connectivity index (χ2n) is 4.54. The number of fused-ring (bicyclic) bond motifs is 2. The van der Waals surface area contributed by atoms with Crippen molar-refractivity contribution in [1.82, 2.24) is 0 Å². The lowest BCUT2D eigenvalue weighted by atomic mass is 9.99. The van der Waals surface area contributed by atoms with E-state index in [0.717, 1.165) is 48.5 Å². The van der Waals surface area contributed by atoms with E-state index in [1.807, 2.05) is 30.3 Å². The fourth-order valence-corrected chi connectivity index (χ4v) is 4.23. The molecule has 1 aliphatic carbocycles. The summed E-state index contributed by atoms with van der Waals surface area (Å²) in [4.78, 5) is 12.7. The van der Waals surface area contributed by atoms with Crippen molar-refractivity contribution in [3.05, 3.63) is 66.0 Å². The maximum Gasteiger partial charge on any atom is 0.193 e. The first kappa shape index (κ1) is 13.5. The number of carbonyl (C=O) groups excluding carboxylic acids is 1. The molecule has 0 aromatic heterocycles. The second-order valence-corrected chi connectivity index (χ2v) is 7.23. The number of ketones is 1. The van der Waals surface area contributed by atoms with Crippen LogP contribution in [0.5, 0.6) is 0 Å². The highest BCUT2D eigenvalue weighted by Gasteiger charge is 2.23. The Hall–Kier alpha value is -0.450. The van der Waals surface area contributed by atoms with E-state index in [9.17, 15) is 4.79 Å². The standard InChI is InChI=1S/C15H9Br3O/c16-9-3-1-8-2-4-11-13(15(19)12(8)5-9)6-10(17)7-14(11)18/h1,3,5-7H,2,4H2. The van der Waals surface area contributed by atoms with Crippen molar-refractivity contribution in [2.75, 3.05) is 0 Å². The van der Waals surface area contributed by atoms with E-state index in [-0.39, 0.29) is 5.78 Å². The molecular weight excluding hydrogens is 436 g/mol. The van der Waals surface area contributed by atoms with Gasteiger partial charge in [0.1, 0.15) is 0 Å². The molecule has 2 aromatic carbocycles. The Morgan fingerprint density at radius 2 is 1.58 bits per heavy atom. The SMILES string of the molecule is O=C1c2cc(Br)ccc2CCc2c(Br)cc(Br)cc21. The van der Waals surface area contributed by atoms with Crippen LogP contribution in [0.4, 0.5) is 0 Å². The third kappa shape index (κ3) is 2.46. The van der Waals surface area contributed by atoms with Crippen molar-refractivity contribution < 1.29 is 4.79 Å². The third-order valence-corrected chi connectivity index (χ3v) is 5.02. The number of halogens is 3. The first-order chi connectivity index (χ1) is 9.06. The van der Waals surface area contributed by atoms with Gasteiger partial charge in [-0.1, -0.05) is 53.9 Å². The molecule has 0 aliphatic heterocycles. The summed E-state index contributed by atoms with van der Waals surface area (Å²) in [6.45, 7) is 0. The Kier molecular flexibility index (Phi) is 3.67. The molecule has 0 radical (unpaired) electrons. The fourth-order valence-electron chi connectivity index (χ4n) is 2.44. The first-order valence-electron chi connectivity index (χ1n) is 5.87. The predicted molar refractivity (Wildman–Crippen MR) is 86.8 cm³/mol. The lowest BCUT2D eigenvalue weighted by molar-refractivity contribution is 0.103. The molecule has 19 heavy (non-hydrogen) atoms. The summed E-state index contributed by atoms with van der Waals surface area (Å²) >= 11 is 10.5. The Morgan fingerprint density at radius 3 is 2.37 bits per heavy atom. The summed E-state index contributed by atoms with van der Waals surface area (Å²) in [6, 6.07) is 9.86. The zero-order chi connectivity index (χ0) is 13.6. The molecule has 0 bridgehead atoms. The van der Waals surface area contributed by atoms with E-state index >= 15 is 0 Å². The number of aryl methyl sites for hydroxylation is 1. The van der Waals surface area contributed by atoms with Crippen LogP contribution in [0.2, 0.25) is 0 Å². The molecule has 0 heterocycles. The quantitative estimate of drug-likeness (QED) is 0.538. The highest BCUT2D eigenvalue weighted by atomic mass is 79.9. The van der Waals surface area contributed by atoms with Crippen molar-refractivity contribution in [3.63, 3.8) is 0 Å². The monoisotopic (exact) mass is 442 g/mol. The Balaban J connectivity index is 2.25. The van der Waals surface area contributed by atoms with Gasteiger partial charge in [-0.05, 0) is 48.2 Å². The van der Waals surface area contributed by atoms with E-state index in [0.29, 0.717) is 0 Å². The molecule has 96 valence electrons. The fraction of sp³-hybridized carbons (Fsp3) is 0.133. The maximum absolute atomic E-state index is 12.7.